The number of ether oxygens (including phenoxy) is 1. The van der Waals surface area contributed by atoms with Crippen LogP contribution in [0.1, 0.15) is 65.2 Å². The van der Waals surface area contributed by atoms with Gasteiger partial charge in [0.25, 0.3) is 5.91 Å². The minimum absolute atomic E-state index is 0.0637. The van der Waals surface area contributed by atoms with Crippen molar-refractivity contribution >= 4 is 11.6 Å². The van der Waals surface area contributed by atoms with E-state index in [-0.39, 0.29) is 24.4 Å². The van der Waals surface area contributed by atoms with E-state index in [4.69, 9.17) is 4.74 Å². The number of hydrogen-bond donors (Lipinski definition) is 4. The van der Waals surface area contributed by atoms with E-state index < -0.39 is 23.8 Å². The van der Waals surface area contributed by atoms with E-state index in [2.05, 4.69) is 35.0 Å². The quantitative estimate of drug-likeness (QED) is 0.165. The highest BCUT2D eigenvalue weighted by atomic mass is 19.1. The summed E-state index contributed by atoms with van der Waals surface area (Å²) < 4.78 is 33.3. The lowest BCUT2D eigenvalue weighted by Gasteiger charge is -2.27. The van der Waals surface area contributed by atoms with Crippen LogP contribution in [-0.4, -0.2) is 50.0 Å². The van der Waals surface area contributed by atoms with Gasteiger partial charge in [-0.1, -0.05) is 49.2 Å². The third-order valence-electron chi connectivity index (χ3n) is 7.92. The van der Waals surface area contributed by atoms with Gasteiger partial charge in [0.2, 0.25) is 0 Å². The molecule has 226 valence electrons. The summed E-state index contributed by atoms with van der Waals surface area (Å²) in [5.41, 5.74) is 4.82. The SMILES string of the molecule is CCCCNc1cc(C(=O)N[C@@H](Cc2cc(F)cc(F)c2)[C@H](O)CNC2(c3cccc(C)c3)CC2)ccc1CCOC. The fraction of sp³-hybridized carbons (Fsp3) is 0.441. The monoisotopic (exact) mass is 579 g/mol. The number of rotatable bonds is 16. The van der Waals surface area contributed by atoms with Crippen LogP contribution in [0.5, 0.6) is 0 Å². The van der Waals surface area contributed by atoms with Gasteiger partial charge in [0.15, 0.2) is 0 Å². The molecule has 0 aliphatic heterocycles. The number of halogens is 2. The first-order chi connectivity index (χ1) is 20.2. The Hall–Kier alpha value is -3.33. The second-order valence-corrected chi connectivity index (χ2v) is 11.4. The lowest BCUT2D eigenvalue weighted by Crippen LogP contribution is -2.50. The van der Waals surface area contributed by atoms with Gasteiger partial charge in [-0.2, -0.15) is 0 Å². The van der Waals surface area contributed by atoms with E-state index in [0.29, 0.717) is 24.2 Å². The number of anilines is 1. The lowest BCUT2D eigenvalue weighted by molar-refractivity contribution is 0.0822. The second kappa shape index (κ2) is 14.7. The van der Waals surface area contributed by atoms with Crippen LogP contribution in [0.2, 0.25) is 0 Å². The average molecular weight is 580 g/mol. The Kier molecular flexibility index (Phi) is 11.1. The summed E-state index contributed by atoms with van der Waals surface area (Å²) in [6, 6.07) is 16.3. The van der Waals surface area contributed by atoms with Crippen molar-refractivity contribution in [3.8, 4) is 0 Å². The zero-order chi connectivity index (χ0) is 30.1. The van der Waals surface area contributed by atoms with Crippen molar-refractivity contribution in [1.82, 2.24) is 10.6 Å². The largest absolute Gasteiger partial charge is 0.390 e. The number of nitrogens with one attached hydrogen (secondary N) is 3. The normalized spacial score (nSPS) is 15.2. The zero-order valence-corrected chi connectivity index (χ0v) is 24.8. The predicted molar refractivity (Wildman–Crippen MR) is 163 cm³/mol. The summed E-state index contributed by atoms with van der Waals surface area (Å²) in [6.07, 6.45) is 3.68. The molecule has 0 saturated heterocycles. The molecule has 2 atom stereocenters. The summed E-state index contributed by atoms with van der Waals surface area (Å²) in [5, 5.41) is 21.2. The number of aliphatic hydroxyl groups is 1. The van der Waals surface area contributed by atoms with Gasteiger partial charge in [-0.15, -0.1) is 0 Å². The molecule has 1 fully saturated rings. The van der Waals surface area contributed by atoms with Gasteiger partial charge in [0.05, 0.1) is 18.8 Å². The second-order valence-electron chi connectivity index (χ2n) is 11.4. The Bertz CT molecular complexity index is 1330. The maximum atomic E-state index is 14.0. The first-order valence-corrected chi connectivity index (χ1v) is 14.8. The van der Waals surface area contributed by atoms with E-state index in [1.807, 2.05) is 31.2 Å². The Balaban J connectivity index is 1.52. The minimum Gasteiger partial charge on any atom is -0.390 e. The molecule has 0 heterocycles. The fourth-order valence-electron chi connectivity index (χ4n) is 5.31. The highest BCUT2D eigenvalue weighted by Crippen LogP contribution is 2.45. The lowest BCUT2D eigenvalue weighted by atomic mass is 9.98. The molecule has 1 aliphatic rings. The smallest absolute Gasteiger partial charge is 0.251 e. The van der Waals surface area contributed by atoms with Crippen molar-refractivity contribution in [2.24, 2.45) is 0 Å². The molecule has 0 unspecified atom stereocenters. The third-order valence-corrected chi connectivity index (χ3v) is 7.92. The molecule has 1 saturated carbocycles. The van der Waals surface area contributed by atoms with Crippen LogP contribution < -0.4 is 16.0 Å². The predicted octanol–water partition coefficient (Wildman–Crippen LogP) is 5.66. The average Bonchev–Trinajstić information content (AvgIpc) is 3.75. The van der Waals surface area contributed by atoms with Gasteiger partial charge in [-0.3, -0.25) is 4.79 Å². The molecule has 4 rings (SSSR count). The number of benzene rings is 3. The van der Waals surface area contributed by atoms with Gasteiger partial charge in [-0.05, 0) is 80.0 Å². The third kappa shape index (κ3) is 8.60. The van der Waals surface area contributed by atoms with E-state index >= 15 is 0 Å². The zero-order valence-electron chi connectivity index (χ0n) is 24.8. The molecule has 0 radical (unpaired) electrons. The molecule has 1 aliphatic carbocycles. The van der Waals surface area contributed by atoms with Crippen LogP contribution >= 0.6 is 0 Å². The van der Waals surface area contributed by atoms with Gasteiger partial charge < -0.3 is 25.8 Å². The van der Waals surface area contributed by atoms with Crippen LogP contribution in [0.3, 0.4) is 0 Å². The maximum absolute atomic E-state index is 14.0. The standard InChI is InChI=1S/C34H43F2N3O3/c1-4-5-14-37-30-20-26(10-9-25(30)11-15-42-3)33(41)39-31(19-24-17-28(35)21-29(36)18-24)32(40)22-38-34(12-13-34)27-8-6-7-23(2)16-27/h6-10,16-18,20-21,31-32,37-38,40H,4-5,11-15,19,22H2,1-3H3,(H,39,41)/t31-,32+/m0/s1. The number of amides is 1. The summed E-state index contributed by atoms with van der Waals surface area (Å²) in [4.78, 5) is 13.5. The minimum atomic E-state index is -1.01. The van der Waals surface area contributed by atoms with E-state index in [9.17, 15) is 18.7 Å². The molecule has 3 aromatic carbocycles. The summed E-state index contributed by atoms with van der Waals surface area (Å²) >= 11 is 0. The molecular formula is C34H43F2N3O3. The van der Waals surface area contributed by atoms with Gasteiger partial charge in [0.1, 0.15) is 11.6 Å². The Morgan fingerprint density at radius 3 is 2.50 bits per heavy atom. The maximum Gasteiger partial charge on any atom is 0.251 e. The van der Waals surface area contributed by atoms with Crippen molar-refractivity contribution in [3.05, 3.63) is 100 Å². The Labute approximate surface area is 247 Å². The highest BCUT2D eigenvalue weighted by Gasteiger charge is 2.44. The molecule has 0 spiro atoms. The van der Waals surface area contributed by atoms with Crippen LogP contribution in [0.15, 0.2) is 60.7 Å². The molecule has 4 N–H and O–H groups in total. The van der Waals surface area contributed by atoms with Crippen molar-refractivity contribution in [2.45, 2.75) is 70.1 Å². The van der Waals surface area contributed by atoms with E-state index in [0.717, 1.165) is 55.1 Å². The molecule has 0 bridgehead atoms. The molecule has 8 heteroatoms. The summed E-state index contributed by atoms with van der Waals surface area (Å²) in [7, 11) is 1.66. The van der Waals surface area contributed by atoms with Crippen LogP contribution in [0, 0.1) is 18.6 Å². The van der Waals surface area contributed by atoms with Crippen molar-refractivity contribution in [1.29, 1.82) is 0 Å². The summed E-state index contributed by atoms with van der Waals surface area (Å²) in [5.74, 6) is -1.77. The van der Waals surface area contributed by atoms with Gasteiger partial charge >= 0.3 is 0 Å². The summed E-state index contributed by atoms with van der Waals surface area (Å²) in [6.45, 7) is 5.71. The van der Waals surface area contributed by atoms with Gasteiger partial charge in [0, 0.05) is 43.1 Å². The topological polar surface area (TPSA) is 82.6 Å². The molecule has 42 heavy (non-hydrogen) atoms. The Morgan fingerprint density at radius 2 is 1.83 bits per heavy atom. The van der Waals surface area contributed by atoms with Gasteiger partial charge in [-0.25, -0.2) is 8.78 Å². The number of unbranched alkanes of at least 4 members (excludes halogenated alkanes) is 1. The number of aliphatic hydroxyl groups excluding tert-OH is 1. The molecule has 0 aromatic heterocycles. The van der Waals surface area contributed by atoms with E-state index in [1.165, 1.54) is 17.7 Å². The molecule has 3 aromatic rings. The van der Waals surface area contributed by atoms with Crippen molar-refractivity contribution in [3.63, 3.8) is 0 Å². The van der Waals surface area contributed by atoms with E-state index in [1.54, 1.807) is 13.2 Å². The number of carbonyl (C=O) groups is 1. The number of methoxy groups -OCH3 is 1. The molecular weight excluding hydrogens is 536 g/mol. The fourth-order valence-corrected chi connectivity index (χ4v) is 5.31. The first-order valence-electron chi connectivity index (χ1n) is 14.8. The van der Waals surface area contributed by atoms with Crippen LogP contribution in [-0.2, 0) is 23.1 Å². The number of aryl methyl sites for hydroxylation is 1. The van der Waals surface area contributed by atoms with Crippen LogP contribution in [0.25, 0.3) is 0 Å². The molecule has 1 amide bonds. The highest BCUT2D eigenvalue weighted by molar-refractivity contribution is 5.95. The van der Waals surface area contributed by atoms with Crippen molar-refractivity contribution < 1.29 is 23.4 Å². The molecule has 6 nitrogen and oxygen atoms in total. The van der Waals surface area contributed by atoms with Crippen LogP contribution in [0.4, 0.5) is 14.5 Å². The van der Waals surface area contributed by atoms with Crippen molar-refractivity contribution in [2.75, 3.05) is 32.1 Å². The Morgan fingerprint density at radius 1 is 1.07 bits per heavy atom. The number of hydrogen-bond acceptors (Lipinski definition) is 5. The number of carbonyl (C=O) groups excluding carboxylic acids is 1. The first kappa shape index (κ1) is 31.6.